The lowest BCUT2D eigenvalue weighted by Gasteiger charge is -2.01. The van der Waals surface area contributed by atoms with Gasteiger partial charge < -0.3 is 9.84 Å². The Morgan fingerprint density at radius 2 is 2.14 bits per heavy atom. The van der Waals surface area contributed by atoms with Crippen molar-refractivity contribution < 1.29 is 17.7 Å². The number of nitrogens with one attached hydrogen (secondary N) is 1. The van der Waals surface area contributed by atoms with Gasteiger partial charge in [-0.15, -0.1) is 0 Å². The largest absolute Gasteiger partial charge is 0.389 e. The quantitative estimate of drug-likeness (QED) is 0.811. The first-order valence-electron chi connectivity index (χ1n) is 4.04. The molecule has 1 heterocycles. The van der Waals surface area contributed by atoms with Gasteiger partial charge in [0.25, 0.3) is 0 Å². The molecule has 0 saturated carbocycles. The highest BCUT2D eigenvalue weighted by Gasteiger charge is 2.27. The van der Waals surface area contributed by atoms with Crippen LogP contribution in [0.15, 0.2) is 4.52 Å². The first kappa shape index (κ1) is 11.0. The van der Waals surface area contributed by atoms with Gasteiger partial charge in [-0.05, 0) is 7.05 Å². The zero-order valence-corrected chi connectivity index (χ0v) is 7.56. The number of hydrogen-bond acceptors (Lipinski definition) is 4. The summed E-state index contributed by atoms with van der Waals surface area (Å²) in [6.07, 6.45) is -5.38. The van der Waals surface area contributed by atoms with Gasteiger partial charge in [-0.1, -0.05) is 5.16 Å². The normalized spacial score (nSPS) is 12.0. The number of halogens is 3. The second-order valence-corrected chi connectivity index (χ2v) is 2.75. The molecule has 0 atom stereocenters. The summed E-state index contributed by atoms with van der Waals surface area (Å²) in [5.74, 6) is 0.386. The Labute approximate surface area is 78.5 Å². The third kappa shape index (κ3) is 3.73. The lowest BCUT2D eigenvalue weighted by molar-refractivity contribution is -0.134. The topological polar surface area (TPSA) is 51.0 Å². The molecule has 80 valence electrons. The fraction of sp³-hybridized carbons (Fsp3) is 0.714. The van der Waals surface area contributed by atoms with Crippen LogP contribution >= 0.6 is 0 Å². The van der Waals surface area contributed by atoms with Crippen molar-refractivity contribution in [1.82, 2.24) is 15.5 Å². The van der Waals surface area contributed by atoms with Crippen LogP contribution < -0.4 is 5.32 Å². The lowest BCUT2D eigenvalue weighted by Crippen LogP contribution is -2.09. The van der Waals surface area contributed by atoms with Gasteiger partial charge in [0, 0.05) is 6.42 Å². The van der Waals surface area contributed by atoms with Crippen LogP contribution in [-0.2, 0) is 13.0 Å². The van der Waals surface area contributed by atoms with Crippen molar-refractivity contribution in [2.45, 2.75) is 25.6 Å². The van der Waals surface area contributed by atoms with Crippen LogP contribution in [0.2, 0.25) is 0 Å². The molecule has 4 nitrogen and oxygen atoms in total. The molecule has 0 aromatic carbocycles. The van der Waals surface area contributed by atoms with Gasteiger partial charge in [-0.25, -0.2) is 0 Å². The van der Waals surface area contributed by atoms with Crippen molar-refractivity contribution in [2.24, 2.45) is 0 Å². The summed E-state index contributed by atoms with van der Waals surface area (Å²) < 4.78 is 40.0. The summed E-state index contributed by atoms with van der Waals surface area (Å²) in [5, 5.41) is 6.25. The van der Waals surface area contributed by atoms with Crippen molar-refractivity contribution in [3.8, 4) is 0 Å². The fourth-order valence-corrected chi connectivity index (χ4v) is 0.870. The van der Waals surface area contributed by atoms with Crippen LogP contribution in [-0.4, -0.2) is 23.4 Å². The van der Waals surface area contributed by atoms with Crippen LogP contribution in [0.3, 0.4) is 0 Å². The predicted molar refractivity (Wildman–Crippen MR) is 41.4 cm³/mol. The average Bonchev–Trinajstić information content (AvgIpc) is 2.49. The number of nitrogens with zero attached hydrogens (tertiary/aromatic N) is 2. The summed E-state index contributed by atoms with van der Waals surface area (Å²) in [4.78, 5) is 3.76. The Morgan fingerprint density at radius 1 is 1.43 bits per heavy atom. The van der Waals surface area contributed by atoms with E-state index in [1.807, 2.05) is 0 Å². The second kappa shape index (κ2) is 4.41. The molecule has 0 fully saturated rings. The number of aryl methyl sites for hydroxylation is 1. The molecule has 0 aliphatic heterocycles. The molecule has 1 aromatic heterocycles. The summed E-state index contributed by atoms with van der Waals surface area (Å²) in [5.41, 5.74) is 0. The maximum Gasteiger partial charge on any atom is 0.389 e. The molecule has 0 amide bonds. The van der Waals surface area contributed by atoms with E-state index in [-0.39, 0.29) is 12.3 Å². The van der Waals surface area contributed by atoms with E-state index >= 15 is 0 Å². The van der Waals surface area contributed by atoms with Crippen molar-refractivity contribution >= 4 is 0 Å². The van der Waals surface area contributed by atoms with E-state index in [4.69, 9.17) is 0 Å². The van der Waals surface area contributed by atoms with Crippen molar-refractivity contribution in [1.29, 1.82) is 0 Å². The minimum atomic E-state index is -4.18. The molecular formula is C7H10F3N3O. The highest BCUT2D eigenvalue weighted by Crippen LogP contribution is 2.21. The molecule has 0 spiro atoms. The number of hydrogen-bond donors (Lipinski definition) is 1. The van der Waals surface area contributed by atoms with Gasteiger partial charge >= 0.3 is 6.18 Å². The van der Waals surface area contributed by atoms with Crippen LogP contribution in [0.4, 0.5) is 13.2 Å². The summed E-state index contributed by atoms with van der Waals surface area (Å²) in [6, 6.07) is 0. The Kier molecular flexibility index (Phi) is 3.45. The van der Waals surface area contributed by atoms with E-state index in [1.54, 1.807) is 7.05 Å². The first-order chi connectivity index (χ1) is 6.51. The van der Waals surface area contributed by atoms with Gasteiger partial charge in [0.1, 0.15) is 0 Å². The molecule has 7 heteroatoms. The SMILES string of the molecule is CNCc1noc(CCC(F)(F)F)n1. The highest BCUT2D eigenvalue weighted by molar-refractivity contribution is 4.86. The van der Waals surface area contributed by atoms with E-state index in [0.717, 1.165) is 0 Å². The lowest BCUT2D eigenvalue weighted by atomic mass is 10.3. The van der Waals surface area contributed by atoms with Crippen molar-refractivity contribution in [2.75, 3.05) is 7.05 Å². The molecular weight excluding hydrogens is 199 g/mol. The summed E-state index contributed by atoms with van der Waals surface area (Å²) in [7, 11) is 1.69. The maximum absolute atomic E-state index is 11.8. The molecule has 0 unspecified atom stereocenters. The number of alkyl halides is 3. The molecule has 0 aliphatic rings. The van der Waals surface area contributed by atoms with Gasteiger partial charge in [0.05, 0.1) is 13.0 Å². The van der Waals surface area contributed by atoms with Gasteiger partial charge in [-0.3, -0.25) is 0 Å². The maximum atomic E-state index is 11.8. The Hall–Kier alpha value is -1.11. The van der Waals surface area contributed by atoms with Gasteiger partial charge in [0.2, 0.25) is 5.89 Å². The van der Waals surface area contributed by atoms with Gasteiger partial charge in [0.15, 0.2) is 5.82 Å². The Morgan fingerprint density at radius 3 is 2.71 bits per heavy atom. The minimum Gasteiger partial charge on any atom is -0.339 e. The van der Waals surface area contributed by atoms with Crippen LogP contribution in [0.5, 0.6) is 0 Å². The van der Waals surface area contributed by atoms with E-state index in [9.17, 15) is 13.2 Å². The highest BCUT2D eigenvalue weighted by atomic mass is 19.4. The number of aromatic nitrogens is 2. The van der Waals surface area contributed by atoms with Crippen LogP contribution in [0.1, 0.15) is 18.1 Å². The third-order valence-corrected chi connectivity index (χ3v) is 1.47. The standard InChI is InChI=1S/C7H10F3N3O/c1-11-4-5-12-6(14-13-5)2-3-7(8,9)10/h11H,2-4H2,1H3. The van der Waals surface area contributed by atoms with Gasteiger partial charge in [-0.2, -0.15) is 18.2 Å². The molecule has 0 radical (unpaired) electrons. The summed E-state index contributed by atoms with van der Waals surface area (Å²) >= 11 is 0. The minimum absolute atomic E-state index is 0.0209. The Balaban J connectivity index is 2.44. The molecule has 0 saturated heterocycles. The average molecular weight is 209 g/mol. The fourth-order valence-electron chi connectivity index (χ4n) is 0.870. The smallest absolute Gasteiger partial charge is 0.339 e. The Bertz CT molecular complexity index is 284. The van der Waals surface area contributed by atoms with Crippen LogP contribution in [0, 0.1) is 0 Å². The molecule has 1 rings (SSSR count). The van der Waals surface area contributed by atoms with E-state index in [0.29, 0.717) is 12.4 Å². The van der Waals surface area contributed by atoms with E-state index < -0.39 is 12.6 Å². The molecule has 1 aromatic rings. The zero-order chi connectivity index (χ0) is 10.6. The molecule has 0 bridgehead atoms. The van der Waals surface area contributed by atoms with Crippen molar-refractivity contribution in [3.05, 3.63) is 11.7 Å². The molecule has 14 heavy (non-hydrogen) atoms. The molecule has 1 N–H and O–H groups in total. The predicted octanol–water partition coefficient (Wildman–Crippen LogP) is 1.28. The zero-order valence-electron chi connectivity index (χ0n) is 7.56. The number of rotatable bonds is 4. The monoisotopic (exact) mass is 209 g/mol. The summed E-state index contributed by atoms with van der Waals surface area (Å²) in [6.45, 7) is 0.384. The molecule has 0 aliphatic carbocycles. The first-order valence-corrected chi connectivity index (χ1v) is 4.04. The van der Waals surface area contributed by atoms with Crippen molar-refractivity contribution in [3.63, 3.8) is 0 Å². The second-order valence-electron chi connectivity index (χ2n) is 2.75. The van der Waals surface area contributed by atoms with Crippen LogP contribution in [0.25, 0.3) is 0 Å². The van der Waals surface area contributed by atoms with E-state index in [1.165, 1.54) is 0 Å². The third-order valence-electron chi connectivity index (χ3n) is 1.47. The van der Waals surface area contributed by atoms with E-state index in [2.05, 4.69) is 20.0 Å².